The van der Waals surface area contributed by atoms with Crippen molar-refractivity contribution in [3.05, 3.63) is 0 Å². The van der Waals surface area contributed by atoms with Crippen molar-refractivity contribution < 1.29 is 4.79 Å². The van der Waals surface area contributed by atoms with Gasteiger partial charge in [0.2, 0.25) is 5.91 Å². The highest BCUT2D eigenvalue weighted by Crippen LogP contribution is 2.26. The van der Waals surface area contributed by atoms with Crippen molar-refractivity contribution in [3.8, 4) is 0 Å². The van der Waals surface area contributed by atoms with Crippen LogP contribution < -0.4 is 0 Å². The molecule has 2 nitrogen and oxygen atoms in total. The summed E-state index contributed by atoms with van der Waals surface area (Å²) in [4.78, 5) is 14.2. The Morgan fingerprint density at radius 2 is 2.00 bits per heavy atom. The Kier molecular flexibility index (Phi) is 7.17. The summed E-state index contributed by atoms with van der Waals surface area (Å²) in [5.41, 5.74) is 0. The molecule has 0 aromatic carbocycles. The molecular formula is C14H26BrNO. The molecule has 1 fully saturated rings. The maximum atomic E-state index is 12.1. The smallest absolute Gasteiger partial charge is 0.222 e. The number of hydrogen-bond acceptors (Lipinski definition) is 1. The number of halogens is 1. The van der Waals surface area contributed by atoms with Crippen molar-refractivity contribution in [2.45, 2.75) is 64.8 Å². The average molecular weight is 304 g/mol. The van der Waals surface area contributed by atoms with Crippen molar-refractivity contribution in [1.82, 2.24) is 4.90 Å². The van der Waals surface area contributed by atoms with Crippen LogP contribution in [0.3, 0.4) is 0 Å². The molecule has 1 rings (SSSR count). The first-order chi connectivity index (χ1) is 8.20. The summed E-state index contributed by atoms with van der Waals surface area (Å²) < 4.78 is 0. The summed E-state index contributed by atoms with van der Waals surface area (Å²) in [6.07, 6.45) is 8.04. The number of carbonyl (C=O) groups is 1. The largest absolute Gasteiger partial charge is 0.339 e. The van der Waals surface area contributed by atoms with Gasteiger partial charge in [-0.05, 0) is 18.8 Å². The Morgan fingerprint density at radius 3 is 2.65 bits per heavy atom. The standard InChI is InChI=1S/C14H26BrNO/c1-3-4-5-6-7-8-14(17)16-10-9-12(2)13(16)11-15/h12-13H,3-11H2,1-2H3. The normalized spacial score (nSPS) is 24.3. The summed E-state index contributed by atoms with van der Waals surface area (Å²) in [5.74, 6) is 1.02. The number of amides is 1. The quantitative estimate of drug-likeness (QED) is 0.514. The van der Waals surface area contributed by atoms with Crippen LogP contribution in [-0.4, -0.2) is 28.7 Å². The third-order valence-corrected chi connectivity index (χ3v) is 4.52. The highest BCUT2D eigenvalue weighted by atomic mass is 79.9. The Bertz CT molecular complexity index is 232. The summed E-state index contributed by atoms with van der Waals surface area (Å²) >= 11 is 3.53. The number of nitrogens with zero attached hydrogens (tertiary/aromatic N) is 1. The Hall–Kier alpha value is -0.0500. The number of rotatable bonds is 7. The Morgan fingerprint density at radius 1 is 1.29 bits per heavy atom. The lowest BCUT2D eigenvalue weighted by molar-refractivity contribution is -0.132. The maximum absolute atomic E-state index is 12.1. The number of carbonyl (C=O) groups excluding carboxylic acids is 1. The molecule has 1 aliphatic heterocycles. The van der Waals surface area contributed by atoms with Crippen molar-refractivity contribution in [2.75, 3.05) is 11.9 Å². The molecule has 0 N–H and O–H groups in total. The minimum atomic E-state index is 0.371. The Labute approximate surface area is 114 Å². The van der Waals surface area contributed by atoms with E-state index in [1.54, 1.807) is 0 Å². The molecule has 0 saturated carbocycles. The van der Waals surface area contributed by atoms with Crippen molar-refractivity contribution in [1.29, 1.82) is 0 Å². The van der Waals surface area contributed by atoms with Gasteiger partial charge < -0.3 is 4.90 Å². The second kappa shape index (κ2) is 8.12. The molecule has 0 spiro atoms. The van der Waals surface area contributed by atoms with Crippen LogP contribution in [0.1, 0.15) is 58.8 Å². The van der Waals surface area contributed by atoms with Crippen LogP contribution in [0.15, 0.2) is 0 Å². The SMILES string of the molecule is CCCCCCCC(=O)N1CCC(C)C1CBr. The van der Waals surface area contributed by atoms with E-state index in [0.29, 0.717) is 17.9 Å². The zero-order chi connectivity index (χ0) is 12.7. The summed E-state index contributed by atoms with van der Waals surface area (Å²) in [5, 5.41) is 0.926. The molecule has 1 saturated heterocycles. The molecule has 1 aliphatic rings. The molecule has 0 aromatic heterocycles. The first kappa shape index (κ1) is 15.0. The highest BCUT2D eigenvalue weighted by molar-refractivity contribution is 9.09. The van der Waals surface area contributed by atoms with E-state index in [2.05, 4.69) is 34.7 Å². The van der Waals surface area contributed by atoms with Crippen LogP contribution in [-0.2, 0) is 4.79 Å². The molecule has 17 heavy (non-hydrogen) atoms. The van der Waals surface area contributed by atoms with E-state index in [9.17, 15) is 4.79 Å². The molecule has 0 aliphatic carbocycles. The van der Waals surface area contributed by atoms with Gasteiger partial charge in [-0.2, -0.15) is 0 Å². The van der Waals surface area contributed by atoms with Gasteiger partial charge in [-0.15, -0.1) is 0 Å². The number of likely N-dealkylation sites (tertiary alicyclic amines) is 1. The maximum Gasteiger partial charge on any atom is 0.222 e. The predicted octanol–water partition coefficient (Wildman–Crippen LogP) is 3.98. The van der Waals surface area contributed by atoms with Gasteiger partial charge in [0.05, 0.1) is 0 Å². The summed E-state index contributed by atoms with van der Waals surface area (Å²) in [6, 6.07) is 0.429. The predicted molar refractivity (Wildman–Crippen MR) is 76.5 cm³/mol. The molecule has 0 radical (unpaired) electrons. The minimum absolute atomic E-state index is 0.371. The van der Waals surface area contributed by atoms with Crippen molar-refractivity contribution >= 4 is 21.8 Å². The molecule has 2 atom stereocenters. The van der Waals surface area contributed by atoms with Crippen LogP contribution in [0.25, 0.3) is 0 Å². The Balaban J connectivity index is 2.23. The van der Waals surface area contributed by atoms with Crippen LogP contribution in [0, 0.1) is 5.92 Å². The molecule has 0 bridgehead atoms. The molecule has 3 heteroatoms. The minimum Gasteiger partial charge on any atom is -0.339 e. The van der Waals surface area contributed by atoms with E-state index in [4.69, 9.17) is 0 Å². The van der Waals surface area contributed by atoms with Gasteiger partial charge in [-0.3, -0.25) is 4.79 Å². The molecule has 100 valence electrons. The third kappa shape index (κ3) is 4.61. The van der Waals surface area contributed by atoms with Gasteiger partial charge in [0.1, 0.15) is 0 Å². The first-order valence-corrected chi connectivity index (χ1v) is 8.18. The second-order valence-corrected chi connectivity index (χ2v) is 5.89. The number of unbranched alkanes of at least 4 members (excludes halogenated alkanes) is 4. The lowest BCUT2D eigenvalue weighted by Gasteiger charge is -2.25. The van der Waals surface area contributed by atoms with E-state index in [0.717, 1.165) is 31.1 Å². The van der Waals surface area contributed by atoms with Gasteiger partial charge in [0, 0.05) is 24.3 Å². The van der Waals surface area contributed by atoms with E-state index < -0.39 is 0 Å². The van der Waals surface area contributed by atoms with Crippen molar-refractivity contribution in [2.24, 2.45) is 5.92 Å². The van der Waals surface area contributed by atoms with E-state index in [-0.39, 0.29) is 0 Å². The molecule has 1 heterocycles. The summed E-state index contributed by atoms with van der Waals surface area (Å²) in [7, 11) is 0. The van der Waals surface area contributed by atoms with E-state index in [1.165, 1.54) is 25.7 Å². The van der Waals surface area contributed by atoms with Crippen molar-refractivity contribution in [3.63, 3.8) is 0 Å². The second-order valence-electron chi connectivity index (χ2n) is 5.24. The van der Waals surface area contributed by atoms with Crippen LogP contribution in [0.5, 0.6) is 0 Å². The van der Waals surface area contributed by atoms with Gasteiger partial charge in [-0.1, -0.05) is 55.5 Å². The van der Waals surface area contributed by atoms with Crippen LogP contribution in [0.2, 0.25) is 0 Å². The highest BCUT2D eigenvalue weighted by Gasteiger charge is 2.32. The topological polar surface area (TPSA) is 20.3 Å². The summed E-state index contributed by atoms with van der Waals surface area (Å²) in [6.45, 7) is 5.43. The zero-order valence-electron chi connectivity index (χ0n) is 11.3. The van der Waals surface area contributed by atoms with Crippen LogP contribution in [0.4, 0.5) is 0 Å². The fourth-order valence-corrected chi connectivity index (χ4v) is 3.56. The average Bonchev–Trinajstić information content (AvgIpc) is 2.70. The number of hydrogen-bond donors (Lipinski definition) is 0. The van der Waals surface area contributed by atoms with E-state index >= 15 is 0 Å². The van der Waals surface area contributed by atoms with Crippen LogP contribution >= 0.6 is 15.9 Å². The molecular weight excluding hydrogens is 278 g/mol. The van der Waals surface area contributed by atoms with Gasteiger partial charge in [-0.25, -0.2) is 0 Å². The fraction of sp³-hybridized carbons (Fsp3) is 0.929. The zero-order valence-corrected chi connectivity index (χ0v) is 12.8. The molecule has 1 amide bonds. The van der Waals surface area contributed by atoms with E-state index in [1.807, 2.05) is 0 Å². The lowest BCUT2D eigenvalue weighted by Crippen LogP contribution is -2.38. The number of alkyl halides is 1. The fourth-order valence-electron chi connectivity index (χ4n) is 2.58. The van der Waals surface area contributed by atoms with Gasteiger partial charge >= 0.3 is 0 Å². The first-order valence-electron chi connectivity index (χ1n) is 7.06. The molecule has 0 aromatic rings. The molecule has 2 unspecified atom stereocenters. The van der Waals surface area contributed by atoms with Gasteiger partial charge in [0.15, 0.2) is 0 Å². The van der Waals surface area contributed by atoms with Gasteiger partial charge in [0.25, 0.3) is 0 Å². The monoisotopic (exact) mass is 303 g/mol. The lowest BCUT2D eigenvalue weighted by atomic mass is 10.0. The third-order valence-electron chi connectivity index (χ3n) is 3.86.